The summed E-state index contributed by atoms with van der Waals surface area (Å²) in [6, 6.07) is 1.67. The first-order valence-corrected chi connectivity index (χ1v) is 8.50. The second-order valence-electron chi connectivity index (χ2n) is 4.81. The molecule has 94 valence electrons. The van der Waals surface area contributed by atoms with E-state index < -0.39 is 18.5 Å². The van der Waals surface area contributed by atoms with E-state index in [1.165, 1.54) is 0 Å². The average Bonchev–Trinajstić information content (AvgIpc) is 2.22. The predicted molar refractivity (Wildman–Crippen MR) is 65.6 cm³/mol. The molecule has 2 N–H and O–H groups in total. The Morgan fingerprint density at radius 2 is 1.94 bits per heavy atom. The molecule has 2 atom stereocenters. The van der Waals surface area contributed by atoms with Gasteiger partial charge in [0.25, 0.3) is 0 Å². The molecule has 0 aliphatic heterocycles. The first-order chi connectivity index (χ1) is 7.56. The van der Waals surface area contributed by atoms with E-state index in [0.717, 1.165) is 34.4 Å². The Kier molecular flexibility index (Phi) is 6.38. The van der Waals surface area contributed by atoms with Gasteiger partial charge in [-0.3, -0.25) is 0 Å². The summed E-state index contributed by atoms with van der Waals surface area (Å²) in [6.45, 7) is 7.11. The van der Waals surface area contributed by atoms with E-state index in [1.54, 1.807) is 26.8 Å². The van der Waals surface area contributed by atoms with Crippen molar-refractivity contribution in [1.82, 2.24) is 0 Å². The third kappa shape index (κ3) is 4.04. The van der Waals surface area contributed by atoms with Gasteiger partial charge in [-0.25, -0.2) is 0 Å². The summed E-state index contributed by atoms with van der Waals surface area (Å²) in [5, 5.41) is 7.05. The fourth-order valence-electron chi connectivity index (χ4n) is 1.53. The molecule has 2 unspecified atom stereocenters. The van der Waals surface area contributed by atoms with Crippen LogP contribution in [0.4, 0.5) is 0 Å². The second-order valence-corrected chi connectivity index (χ2v) is 8.01. The fourth-order valence-corrected chi connectivity index (χ4v) is 2.55. The second kappa shape index (κ2) is 6.16. The van der Waals surface area contributed by atoms with E-state index in [9.17, 15) is 14.4 Å². The minimum absolute atomic E-state index is 0.0325. The molecule has 5 nitrogen and oxygen atoms in total. The van der Waals surface area contributed by atoms with Crippen LogP contribution in [-0.2, 0) is 9.30 Å². The zero-order valence-corrected chi connectivity index (χ0v) is 14.0. The summed E-state index contributed by atoms with van der Waals surface area (Å²) >= 11 is 0.846. The van der Waals surface area contributed by atoms with Crippen molar-refractivity contribution in [2.75, 3.05) is 0 Å². The molecule has 0 heterocycles. The number of ether oxygens (including phenoxy) is 1. The van der Waals surface area contributed by atoms with Crippen LogP contribution in [0.15, 0.2) is 0 Å². The molecular formula is C10H19NNaO4P. The summed E-state index contributed by atoms with van der Waals surface area (Å²) in [5.41, 5.74) is -0.701. The van der Waals surface area contributed by atoms with E-state index in [4.69, 9.17) is 10.00 Å². The van der Waals surface area contributed by atoms with Crippen LogP contribution in [0.2, 0.25) is 3.17 Å². The van der Waals surface area contributed by atoms with Gasteiger partial charge in [-0.1, -0.05) is 0 Å². The van der Waals surface area contributed by atoms with E-state index in [0.29, 0.717) is 0 Å². The Bertz CT molecular complexity index is 349. The maximum absolute atomic E-state index is 11.5. The van der Waals surface area contributed by atoms with E-state index >= 15 is 0 Å². The number of nitrogens with zero attached hydrogens (tertiary/aromatic N) is 1. The third-order valence-corrected chi connectivity index (χ3v) is 7.01. The molecule has 0 aromatic heterocycles. The number of rotatable bonds is 6. The molecule has 0 rings (SSSR count). The topological polar surface area (TPSA) is 90.5 Å². The molecule has 0 aromatic rings. The van der Waals surface area contributed by atoms with Gasteiger partial charge < -0.3 is 0 Å². The van der Waals surface area contributed by atoms with E-state index in [2.05, 4.69) is 0 Å². The summed E-state index contributed by atoms with van der Waals surface area (Å²) in [4.78, 5) is 18.6. The van der Waals surface area contributed by atoms with Gasteiger partial charge in [0.15, 0.2) is 0 Å². The predicted octanol–water partition coefficient (Wildman–Crippen LogP) is 1.96. The minimum atomic E-state index is -4.62. The van der Waals surface area contributed by atoms with Crippen molar-refractivity contribution >= 4 is 35.5 Å². The molecule has 0 aliphatic carbocycles. The van der Waals surface area contributed by atoms with Crippen molar-refractivity contribution in [3.8, 4) is 6.07 Å². The Balaban J connectivity index is 5.31. The molecule has 0 aliphatic rings. The van der Waals surface area contributed by atoms with E-state index in [-0.39, 0.29) is 9.59 Å². The molecule has 0 saturated carbocycles. The Morgan fingerprint density at radius 1 is 1.47 bits per heavy atom. The number of nitriles is 1. The van der Waals surface area contributed by atoms with Crippen LogP contribution >= 0.6 is 7.60 Å². The zero-order valence-electron chi connectivity index (χ0n) is 11.1. The van der Waals surface area contributed by atoms with Gasteiger partial charge in [0.05, 0.1) is 0 Å². The SMILES string of the molecule is CC[CH]([Na])C(C)(C)OC(C#N)(CC)P(=O)(O)O. The molecule has 17 heavy (non-hydrogen) atoms. The van der Waals surface area contributed by atoms with Crippen molar-refractivity contribution in [2.45, 2.75) is 54.6 Å². The summed E-state index contributed by atoms with van der Waals surface area (Å²) < 4.78 is 17.2. The van der Waals surface area contributed by atoms with Gasteiger partial charge in [-0.15, -0.1) is 0 Å². The number of hydrogen-bond donors (Lipinski definition) is 2. The van der Waals surface area contributed by atoms with Crippen LogP contribution in [0.3, 0.4) is 0 Å². The van der Waals surface area contributed by atoms with Crippen LogP contribution < -0.4 is 0 Å². The van der Waals surface area contributed by atoms with Crippen molar-refractivity contribution in [3.05, 3.63) is 0 Å². The molecule has 0 spiro atoms. The average molecular weight is 271 g/mol. The molecule has 0 amide bonds. The molecule has 7 heteroatoms. The quantitative estimate of drug-likeness (QED) is 0.569. The normalized spacial score (nSPS) is 18.3. The van der Waals surface area contributed by atoms with Gasteiger partial charge in [-0.05, 0) is 0 Å². The van der Waals surface area contributed by atoms with Gasteiger partial charge in [0.1, 0.15) is 0 Å². The molecular weight excluding hydrogens is 252 g/mol. The summed E-state index contributed by atoms with van der Waals surface area (Å²) in [5.74, 6) is 0. The van der Waals surface area contributed by atoms with Gasteiger partial charge in [0, 0.05) is 0 Å². The Labute approximate surface area is 120 Å². The molecule has 0 bridgehead atoms. The maximum atomic E-state index is 11.5. The van der Waals surface area contributed by atoms with Crippen LogP contribution in [0.1, 0.15) is 40.5 Å². The van der Waals surface area contributed by atoms with Gasteiger partial charge >= 0.3 is 121 Å². The van der Waals surface area contributed by atoms with Crippen LogP contribution in [-0.4, -0.2) is 48.7 Å². The standard InChI is InChI=1S/C10H19NO4P.Na/c1-5-7-9(3,4)15-10(6-2,8-11)16(12,13)14;/h7H,5-6H2,1-4H3,(H2,12,13,14);. The van der Waals surface area contributed by atoms with Gasteiger partial charge in [-0.2, -0.15) is 0 Å². The Hall–Kier alpha value is 0.600. The Morgan fingerprint density at radius 3 is 2.18 bits per heavy atom. The first-order valence-electron chi connectivity index (χ1n) is 5.73. The number of hydrogen-bond acceptors (Lipinski definition) is 3. The van der Waals surface area contributed by atoms with Crippen LogP contribution in [0.25, 0.3) is 0 Å². The van der Waals surface area contributed by atoms with E-state index in [1.807, 2.05) is 6.92 Å². The van der Waals surface area contributed by atoms with Crippen LogP contribution in [0, 0.1) is 11.3 Å². The summed E-state index contributed by atoms with van der Waals surface area (Å²) in [7, 11) is -4.62. The van der Waals surface area contributed by atoms with Crippen molar-refractivity contribution < 1.29 is 19.1 Å². The molecule has 0 saturated heterocycles. The fraction of sp³-hybridized carbons (Fsp3) is 0.900. The van der Waals surface area contributed by atoms with Crippen molar-refractivity contribution in [3.63, 3.8) is 0 Å². The zero-order chi connectivity index (χ0) is 13.9. The molecule has 0 radical (unpaired) electrons. The van der Waals surface area contributed by atoms with Crippen LogP contribution in [0.5, 0.6) is 0 Å². The van der Waals surface area contributed by atoms with Crippen molar-refractivity contribution in [2.24, 2.45) is 0 Å². The third-order valence-electron chi connectivity index (χ3n) is 3.36. The monoisotopic (exact) mass is 271 g/mol. The molecule has 0 aromatic carbocycles. The summed E-state index contributed by atoms with van der Waals surface area (Å²) in [6.07, 6.45) is 0.834. The van der Waals surface area contributed by atoms with Gasteiger partial charge in [0.2, 0.25) is 0 Å². The first kappa shape index (κ1) is 17.6. The molecule has 0 fully saturated rings. The van der Waals surface area contributed by atoms with Crippen molar-refractivity contribution in [1.29, 1.82) is 5.26 Å².